The first-order valence-electron chi connectivity index (χ1n) is 7.08. The number of anilines is 3. The number of carbonyl (C=O) groups excluding carboxylic acids is 1. The summed E-state index contributed by atoms with van der Waals surface area (Å²) in [6.45, 7) is 1.36. The quantitative estimate of drug-likeness (QED) is 0.926. The van der Waals surface area contributed by atoms with Crippen LogP contribution in [0.4, 0.5) is 22.0 Å². The minimum absolute atomic E-state index is 0.171. The Bertz CT molecular complexity index is 689. The van der Waals surface area contributed by atoms with E-state index in [0.29, 0.717) is 18.0 Å². The number of benzene rings is 1. The molecule has 0 unspecified atom stereocenters. The summed E-state index contributed by atoms with van der Waals surface area (Å²) in [4.78, 5) is 20.7. The second kappa shape index (κ2) is 5.93. The van der Waals surface area contributed by atoms with Gasteiger partial charge in [0.25, 0.3) is 0 Å². The first kappa shape index (κ1) is 14.2. The Kier molecular flexibility index (Phi) is 3.82. The van der Waals surface area contributed by atoms with Crippen LogP contribution in [0.1, 0.15) is 0 Å². The van der Waals surface area contributed by atoms with Gasteiger partial charge in [-0.3, -0.25) is 4.90 Å². The van der Waals surface area contributed by atoms with Gasteiger partial charge in [0, 0.05) is 38.1 Å². The summed E-state index contributed by atoms with van der Waals surface area (Å²) < 4.78 is 5.17. The molecule has 22 heavy (non-hydrogen) atoms. The van der Waals surface area contributed by atoms with Crippen molar-refractivity contribution in [3.8, 4) is 5.75 Å². The lowest BCUT2D eigenvalue weighted by molar-refractivity contribution is 0.257. The maximum Gasteiger partial charge on any atom is 0.326 e. The van der Waals surface area contributed by atoms with E-state index >= 15 is 0 Å². The van der Waals surface area contributed by atoms with Crippen molar-refractivity contribution >= 4 is 23.2 Å². The summed E-state index contributed by atoms with van der Waals surface area (Å²) >= 11 is 0. The maximum atomic E-state index is 12.6. The van der Waals surface area contributed by atoms with E-state index < -0.39 is 0 Å². The molecule has 0 spiro atoms. The molecular formula is C16H18N4O2. The molecule has 0 bridgehead atoms. The molecule has 6 heteroatoms. The number of fused-ring (bicyclic) bond motifs is 1. The number of hydrogen-bond donors (Lipinski definition) is 1. The number of nitrogens with one attached hydrogen (secondary N) is 1. The molecule has 0 radical (unpaired) electrons. The minimum atomic E-state index is -0.171. The third kappa shape index (κ3) is 2.67. The molecule has 2 amide bonds. The van der Waals surface area contributed by atoms with Crippen molar-refractivity contribution < 1.29 is 9.53 Å². The zero-order valence-electron chi connectivity index (χ0n) is 12.6. The first-order valence-corrected chi connectivity index (χ1v) is 7.08. The molecule has 2 aromatic rings. The third-order valence-electron chi connectivity index (χ3n) is 3.64. The van der Waals surface area contributed by atoms with Crippen LogP contribution < -0.4 is 19.9 Å². The van der Waals surface area contributed by atoms with Gasteiger partial charge in [-0.15, -0.1) is 0 Å². The van der Waals surface area contributed by atoms with Gasteiger partial charge >= 0.3 is 6.03 Å². The van der Waals surface area contributed by atoms with Crippen LogP contribution in [0.25, 0.3) is 0 Å². The van der Waals surface area contributed by atoms with E-state index in [1.807, 2.05) is 42.3 Å². The molecule has 1 N–H and O–H groups in total. The number of amides is 2. The Balaban J connectivity index is 1.82. The lowest BCUT2D eigenvalue weighted by Gasteiger charge is -2.34. The van der Waals surface area contributed by atoms with Gasteiger partial charge in [0.15, 0.2) is 5.82 Å². The second-order valence-corrected chi connectivity index (χ2v) is 5.08. The molecule has 3 rings (SSSR count). The number of urea groups is 1. The van der Waals surface area contributed by atoms with Crippen molar-refractivity contribution in [3.05, 3.63) is 42.6 Å². The number of likely N-dealkylation sites (N-methyl/N-ethyl adjacent to an activating group) is 1. The Morgan fingerprint density at radius 1 is 1.27 bits per heavy atom. The summed E-state index contributed by atoms with van der Waals surface area (Å²) in [5, 5.41) is 2.90. The molecule has 0 fully saturated rings. The number of hydrogen-bond acceptors (Lipinski definition) is 4. The fourth-order valence-electron chi connectivity index (χ4n) is 2.47. The minimum Gasteiger partial charge on any atom is -0.497 e. The molecule has 0 saturated heterocycles. The monoisotopic (exact) mass is 298 g/mol. The van der Waals surface area contributed by atoms with E-state index in [9.17, 15) is 4.79 Å². The predicted octanol–water partition coefficient (Wildman–Crippen LogP) is 2.58. The highest BCUT2D eigenvalue weighted by Crippen LogP contribution is 2.30. The van der Waals surface area contributed by atoms with Crippen molar-refractivity contribution in [2.24, 2.45) is 0 Å². The van der Waals surface area contributed by atoms with Gasteiger partial charge in [-0.05, 0) is 24.3 Å². The summed E-state index contributed by atoms with van der Waals surface area (Å²) in [6.07, 6.45) is 1.73. The van der Waals surface area contributed by atoms with Crippen molar-refractivity contribution in [3.63, 3.8) is 0 Å². The highest BCUT2D eigenvalue weighted by atomic mass is 16.5. The Morgan fingerprint density at radius 3 is 2.95 bits per heavy atom. The molecular weight excluding hydrogens is 280 g/mol. The van der Waals surface area contributed by atoms with Crippen LogP contribution in [-0.2, 0) is 0 Å². The van der Waals surface area contributed by atoms with E-state index in [0.717, 1.165) is 18.1 Å². The maximum absolute atomic E-state index is 12.6. The highest BCUT2D eigenvalue weighted by molar-refractivity contribution is 6.04. The van der Waals surface area contributed by atoms with Gasteiger partial charge in [-0.1, -0.05) is 6.07 Å². The second-order valence-electron chi connectivity index (χ2n) is 5.08. The van der Waals surface area contributed by atoms with Crippen LogP contribution in [0.15, 0.2) is 42.6 Å². The van der Waals surface area contributed by atoms with E-state index in [1.165, 1.54) is 0 Å². The number of ether oxygens (including phenoxy) is 1. The average Bonchev–Trinajstić information content (AvgIpc) is 2.55. The zero-order chi connectivity index (χ0) is 15.5. The topological polar surface area (TPSA) is 57.7 Å². The molecule has 1 aromatic carbocycles. The van der Waals surface area contributed by atoms with Crippen molar-refractivity contribution in [2.45, 2.75) is 0 Å². The Labute approximate surface area is 129 Å². The van der Waals surface area contributed by atoms with Crippen LogP contribution in [0.3, 0.4) is 0 Å². The van der Waals surface area contributed by atoms with Crippen LogP contribution >= 0.6 is 0 Å². The van der Waals surface area contributed by atoms with Crippen molar-refractivity contribution in [1.82, 2.24) is 4.98 Å². The van der Waals surface area contributed by atoms with Crippen molar-refractivity contribution in [1.29, 1.82) is 0 Å². The molecule has 114 valence electrons. The Hall–Kier alpha value is -2.76. The average molecular weight is 298 g/mol. The predicted molar refractivity (Wildman–Crippen MR) is 86.9 cm³/mol. The SMILES string of the molecule is COc1cccc(NC(=O)N2CCN(C)c3ncccc32)c1. The molecule has 1 aliphatic rings. The normalized spacial score (nSPS) is 13.5. The fraction of sp³-hybridized carbons (Fsp3) is 0.250. The molecule has 0 aliphatic carbocycles. The summed E-state index contributed by atoms with van der Waals surface area (Å²) in [7, 11) is 3.58. The smallest absolute Gasteiger partial charge is 0.326 e. The molecule has 1 aliphatic heterocycles. The van der Waals surface area contributed by atoms with Crippen molar-refractivity contribution in [2.75, 3.05) is 42.4 Å². The summed E-state index contributed by atoms with van der Waals surface area (Å²) in [6, 6.07) is 10.9. The van der Waals surface area contributed by atoms with Gasteiger partial charge in [0.05, 0.1) is 12.8 Å². The first-order chi connectivity index (χ1) is 10.7. The number of carbonyl (C=O) groups is 1. The standard InChI is InChI=1S/C16H18N4O2/c1-19-9-10-20(14-7-4-8-17-15(14)19)16(21)18-12-5-3-6-13(11-12)22-2/h3-8,11H,9-10H2,1-2H3,(H,18,21). The number of nitrogens with zero attached hydrogens (tertiary/aromatic N) is 3. The Morgan fingerprint density at radius 2 is 2.14 bits per heavy atom. The molecule has 0 saturated carbocycles. The highest BCUT2D eigenvalue weighted by Gasteiger charge is 2.25. The molecule has 0 atom stereocenters. The van der Waals surface area contributed by atoms with Gasteiger partial charge in [0.2, 0.25) is 0 Å². The molecule has 1 aromatic heterocycles. The largest absolute Gasteiger partial charge is 0.497 e. The van der Waals surface area contributed by atoms with E-state index in [4.69, 9.17) is 4.74 Å². The fourth-order valence-corrected chi connectivity index (χ4v) is 2.47. The molecule has 6 nitrogen and oxygen atoms in total. The zero-order valence-corrected chi connectivity index (χ0v) is 12.6. The number of aromatic nitrogens is 1. The molecule has 2 heterocycles. The van der Waals surface area contributed by atoms with Crippen LogP contribution in [0.5, 0.6) is 5.75 Å². The lowest BCUT2D eigenvalue weighted by Crippen LogP contribution is -2.45. The number of pyridine rings is 1. The summed E-state index contributed by atoms with van der Waals surface area (Å²) in [5.74, 6) is 1.52. The van der Waals surface area contributed by atoms with Gasteiger partial charge in [-0.2, -0.15) is 0 Å². The lowest BCUT2D eigenvalue weighted by atomic mass is 10.2. The van der Waals surface area contributed by atoms with Crippen LogP contribution in [0, 0.1) is 0 Å². The van der Waals surface area contributed by atoms with Gasteiger partial charge in [0.1, 0.15) is 5.75 Å². The van der Waals surface area contributed by atoms with E-state index in [1.54, 1.807) is 24.3 Å². The summed E-state index contributed by atoms with van der Waals surface area (Å²) in [5.41, 5.74) is 1.52. The number of rotatable bonds is 2. The van der Waals surface area contributed by atoms with Crippen LogP contribution in [-0.4, -0.2) is 38.3 Å². The van der Waals surface area contributed by atoms with E-state index in [2.05, 4.69) is 10.3 Å². The third-order valence-corrected chi connectivity index (χ3v) is 3.64. The van der Waals surface area contributed by atoms with Gasteiger partial charge in [-0.25, -0.2) is 9.78 Å². The van der Waals surface area contributed by atoms with Gasteiger partial charge < -0.3 is 15.0 Å². The number of methoxy groups -OCH3 is 1. The van der Waals surface area contributed by atoms with Crippen LogP contribution in [0.2, 0.25) is 0 Å². The van der Waals surface area contributed by atoms with E-state index in [-0.39, 0.29) is 6.03 Å².